The van der Waals surface area contributed by atoms with E-state index < -0.39 is 17.3 Å². The molecular formula is C33H28Cl4N2O4. The SMILES string of the molecule is CCN(CC)c1ccc(C(=O)c2c(Cl)c(Cl)c(Cl)c(Cl)c2C(=O)O)c(OC)c1.c1ccc(-c2cc3ccccn3c2)cc1. The fourth-order valence-electron chi connectivity index (χ4n) is 4.68. The summed E-state index contributed by atoms with van der Waals surface area (Å²) in [5, 5.41) is 8.49. The van der Waals surface area contributed by atoms with Gasteiger partial charge in [-0.05, 0) is 49.7 Å². The quantitative estimate of drug-likeness (QED) is 0.102. The topological polar surface area (TPSA) is 71.2 Å². The first-order valence-electron chi connectivity index (χ1n) is 13.3. The summed E-state index contributed by atoms with van der Waals surface area (Å²) in [7, 11) is 1.42. The standard InChI is InChI=1S/C19H17Cl4NO4.C14H11N/c1-4-24(5-2)9-6-7-10(11(8-9)28-3)18(25)12-13(19(26)27)15(21)17(23)16(22)14(12)20;1-2-6-12(7-3-1)13-10-14-8-4-5-9-15(14)11-13/h6-8H,4-5H2,1-3H3,(H,26,27);1-11H. The van der Waals surface area contributed by atoms with Gasteiger partial charge in [0.2, 0.25) is 0 Å². The van der Waals surface area contributed by atoms with Gasteiger partial charge in [-0.1, -0.05) is 82.8 Å². The second kappa shape index (κ2) is 14.2. The van der Waals surface area contributed by atoms with Crippen LogP contribution in [0.5, 0.6) is 5.75 Å². The number of fused-ring (bicyclic) bond motifs is 1. The highest BCUT2D eigenvalue weighted by molar-refractivity contribution is 6.54. The molecule has 2 heterocycles. The first-order chi connectivity index (χ1) is 20.6. The van der Waals surface area contributed by atoms with E-state index in [2.05, 4.69) is 64.2 Å². The number of carbonyl (C=O) groups excluding carboxylic acids is 1. The molecule has 0 saturated heterocycles. The number of nitrogens with zero attached hydrogens (tertiary/aromatic N) is 2. The minimum Gasteiger partial charge on any atom is -0.496 e. The van der Waals surface area contributed by atoms with Crippen molar-refractivity contribution in [2.45, 2.75) is 13.8 Å². The van der Waals surface area contributed by atoms with Gasteiger partial charge in [-0.2, -0.15) is 0 Å². The van der Waals surface area contributed by atoms with Gasteiger partial charge in [-0.25, -0.2) is 4.79 Å². The van der Waals surface area contributed by atoms with Crippen LogP contribution in [0, 0.1) is 0 Å². The number of carboxylic acids is 1. The van der Waals surface area contributed by atoms with E-state index in [1.807, 2.05) is 26.0 Å². The molecule has 5 rings (SSSR count). The highest BCUT2D eigenvalue weighted by Gasteiger charge is 2.30. The highest BCUT2D eigenvalue weighted by Crippen LogP contribution is 2.43. The lowest BCUT2D eigenvalue weighted by atomic mass is 9.97. The van der Waals surface area contributed by atoms with Crippen molar-refractivity contribution in [3.05, 3.63) is 122 Å². The smallest absolute Gasteiger partial charge is 0.338 e. The molecule has 3 aromatic carbocycles. The second-order valence-corrected chi connectivity index (χ2v) is 10.8. The van der Waals surface area contributed by atoms with E-state index in [0.717, 1.165) is 18.8 Å². The molecule has 43 heavy (non-hydrogen) atoms. The number of methoxy groups -OCH3 is 1. The number of carboxylic acid groups (broad SMARTS) is 1. The van der Waals surface area contributed by atoms with Gasteiger partial charge in [0, 0.05) is 48.3 Å². The first kappa shape index (κ1) is 32.2. The molecule has 222 valence electrons. The van der Waals surface area contributed by atoms with Crippen LogP contribution in [0.2, 0.25) is 20.1 Å². The zero-order valence-electron chi connectivity index (χ0n) is 23.6. The average Bonchev–Trinajstić information content (AvgIpc) is 3.47. The Bertz CT molecular complexity index is 1750. The van der Waals surface area contributed by atoms with Crippen LogP contribution in [-0.4, -0.2) is 41.5 Å². The van der Waals surface area contributed by atoms with Crippen molar-refractivity contribution < 1.29 is 19.4 Å². The van der Waals surface area contributed by atoms with Gasteiger partial charge in [0.25, 0.3) is 0 Å². The normalized spacial score (nSPS) is 10.7. The lowest BCUT2D eigenvalue weighted by Gasteiger charge is -2.22. The van der Waals surface area contributed by atoms with Crippen LogP contribution in [-0.2, 0) is 0 Å². The third-order valence-electron chi connectivity index (χ3n) is 6.88. The fourth-order valence-corrected chi connectivity index (χ4v) is 5.70. The van der Waals surface area contributed by atoms with Crippen LogP contribution < -0.4 is 9.64 Å². The van der Waals surface area contributed by atoms with Crippen LogP contribution in [0.3, 0.4) is 0 Å². The van der Waals surface area contributed by atoms with Crippen LogP contribution in [0.4, 0.5) is 5.69 Å². The number of pyridine rings is 1. The maximum absolute atomic E-state index is 13.2. The number of aromatic carboxylic acids is 1. The molecule has 0 aliphatic heterocycles. The Hall–Kier alpha value is -3.68. The molecule has 2 aromatic heterocycles. The fraction of sp³-hybridized carbons (Fsp3) is 0.152. The number of anilines is 1. The summed E-state index contributed by atoms with van der Waals surface area (Å²) in [6.45, 7) is 5.55. The number of hydrogen-bond acceptors (Lipinski definition) is 4. The summed E-state index contributed by atoms with van der Waals surface area (Å²) in [5.74, 6) is -1.87. The zero-order valence-corrected chi connectivity index (χ0v) is 26.6. The molecule has 0 spiro atoms. The molecule has 0 saturated carbocycles. The van der Waals surface area contributed by atoms with E-state index in [-0.39, 0.29) is 37.0 Å². The van der Waals surface area contributed by atoms with E-state index in [0.29, 0.717) is 0 Å². The maximum Gasteiger partial charge on any atom is 0.338 e. The third-order valence-corrected chi connectivity index (χ3v) is 8.68. The molecule has 0 atom stereocenters. The Labute approximate surface area is 269 Å². The van der Waals surface area contributed by atoms with E-state index in [1.165, 1.54) is 23.8 Å². The number of benzene rings is 3. The van der Waals surface area contributed by atoms with Crippen molar-refractivity contribution in [2.24, 2.45) is 0 Å². The van der Waals surface area contributed by atoms with Gasteiger partial charge >= 0.3 is 5.97 Å². The van der Waals surface area contributed by atoms with Crippen molar-refractivity contribution >= 4 is 69.4 Å². The van der Waals surface area contributed by atoms with E-state index in [9.17, 15) is 14.7 Å². The van der Waals surface area contributed by atoms with Gasteiger partial charge < -0.3 is 19.1 Å². The molecule has 0 bridgehead atoms. The van der Waals surface area contributed by atoms with Crippen LogP contribution >= 0.6 is 46.4 Å². The molecule has 1 N–H and O–H groups in total. The highest BCUT2D eigenvalue weighted by atomic mass is 35.5. The van der Waals surface area contributed by atoms with Crippen molar-refractivity contribution in [1.29, 1.82) is 0 Å². The van der Waals surface area contributed by atoms with Gasteiger partial charge in [-0.3, -0.25) is 4.79 Å². The van der Waals surface area contributed by atoms with Gasteiger partial charge in [0.05, 0.1) is 43.9 Å². The predicted octanol–water partition coefficient (Wildman–Crippen LogP) is 9.69. The molecule has 0 amide bonds. The summed E-state index contributed by atoms with van der Waals surface area (Å²) in [6, 6.07) is 23.9. The Morgan fingerprint density at radius 1 is 0.791 bits per heavy atom. The van der Waals surface area contributed by atoms with Crippen LogP contribution in [0.25, 0.3) is 16.6 Å². The molecule has 0 unspecified atom stereocenters. The molecule has 0 fully saturated rings. The Morgan fingerprint density at radius 2 is 1.42 bits per heavy atom. The molecule has 0 aliphatic rings. The number of hydrogen-bond donors (Lipinski definition) is 1. The molecule has 6 nitrogen and oxygen atoms in total. The summed E-state index contributed by atoms with van der Waals surface area (Å²) in [6.07, 6.45) is 4.23. The predicted molar refractivity (Wildman–Crippen MR) is 176 cm³/mol. The lowest BCUT2D eigenvalue weighted by molar-refractivity contribution is 0.0693. The average molecular weight is 658 g/mol. The minimum absolute atomic E-state index is 0.122. The van der Waals surface area contributed by atoms with Crippen molar-refractivity contribution in [1.82, 2.24) is 4.40 Å². The second-order valence-electron chi connectivity index (χ2n) is 9.32. The number of carbonyl (C=O) groups is 2. The Kier molecular flexibility index (Phi) is 10.6. The monoisotopic (exact) mass is 656 g/mol. The first-order valence-corrected chi connectivity index (χ1v) is 14.8. The third kappa shape index (κ3) is 6.78. The molecular weight excluding hydrogens is 630 g/mol. The Morgan fingerprint density at radius 3 is 2.00 bits per heavy atom. The van der Waals surface area contributed by atoms with E-state index >= 15 is 0 Å². The molecule has 0 radical (unpaired) electrons. The van der Waals surface area contributed by atoms with Crippen LogP contribution in [0.15, 0.2) is 85.2 Å². The summed E-state index contributed by atoms with van der Waals surface area (Å²) >= 11 is 24.2. The lowest BCUT2D eigenvalue weighted by Crippen LogP contribution is -2.22. The molecule has 5 aromatic rings. The van der Waals surface area contributed by atoms with Crippen LogP contribution in [0.1, 0.15) is 40.1 Å². The van der Waals surface area contributed by atoms with E-state index in [4.69, 9.17) is 51.1 Å². The summed E-state index contributed by atoms with van der Waals surface area (Å²) in [5.41, 5.74) is 3.88. The van der Waals surface area contributed by atoms with Gasteiger partial charge in [-0.15, -0.1) is 0 Å². The number of ether oxygens (including phenoxy) is 1. The zero-order chi connectivity index (χ0) is 31.3. The number of halogens is 4. The molecule has 10 heteroatoms. The van der Waals surface area contributed by atoms with Crippen molar-refractivity contribution in [3.63, 3.8) is 0 Å². The molecule has 0 aliphatic carbocycles. The summed E-state index contributed by atoms with van der Waals surface area (Å²) < 4.78 is 7.50. The van der Waals surface area contributed by atoms with E-state index in [1.54, 1.807) is 18.2 Å². The van der Waals surface area contributed by atoms with Gasteiger partial charge in [0.15, 0.2) is 5.78 Å². The maximum atomic E-state index is 13.2. The number of aromatic nitrogens is 1. The summed E-state index contributed by atoms with van der Waals surface area (Å²) in [4.78, 5) is 27.0. The van der Waals surface area contributed by atoms with Crippen molar-refractivity contribution in [3.8, 4) is 16.9 Å². The Balaban J connectivity index is 0.000000234. The largest absolute Gasteiger partial charge is 0.496 e. The number of rotatable bonds is 8. The van der Waals surface area contributed by atoms with Crippen molar-refractivity contribution in [2.75, 3.05) is 25.1 Å². The van der Waals surface area contributed by atoms with Gasteiger partial charge in [0.1, 0.15) is 5.75 Å². The number of ketones is 1. The minimum atomic E-state index is -1.45.